The first-order valence-corrected chi connectivity index (χ1v) is 16.7. The predicted octanol–water partition coefficient (Wildman–Crippen LogP) is 7.91. The molecular formula is C34H52N4O2S. The van der Waals surface area contributed by atoms with Gasteiger partial charge in [-0.25, -0.2) is 4.98 Å². The first kappa shape index (κ1) is 33.0. The topological polar surface area (TPSA) is 67.2 Å². The fraction of sp³-hybridized carbons (Fsp3) is 0.618. The summed E-state index contributed by atoms with van der Waals surface area (Å²) in [5.74, 6) is 1.06. The van der Waals surface area contributed by atoms with Gasteiger partial charge in [0.1, 0.15) is 5.82 Å². The Labute approximate surface area is 251 Å². The molecule has 0 radical (unpaired) electrons. The minimum atomic E-state index is -0.333. The second kappa shape index (κ2) is 16.2. The number of fused-ring (bicyclic) bond motifs is 1. The Balaban J connectivity index is 1.76. The van der Waals surface area contributed by atoms with Crippen molar-refractivity contribution in [2.24, 2.45) is 11.8 Å². The number of carbonyl (C=O) groups is 2. The average molecular weight is 581 g/mol. The number of ketones is 1. The van der Waals surface area contributed by atoms with Crippen LogP contribution in [0.3, 0.4) is 0 Å². The van der Waals surface area contributed by atoms with E-state index >= 15 is 0 Å². The predicted molar refractivity (Wildman–Crippen MR) is 173 cm³/mol. The van der Waals surface area contributed by atoms with Crippen LogP contribution in [0.2, 0.25) is 0 Å². The molecule has 0 saturated heterocycles. The molecule has 0 aliphatic rings. The summed E-state index contributed by atoms with van der Waals surface area (Å²) in [5.41, 5.74) is 2.58. The third-order valence-corrected chi connectivity index (χ3v) is 9.13. The number of thiophene rings is 1. The Morgan fingerprint density at radius 3 is 2.39 bits per heavy atom. The van der Waals surface area contributed by atoms with Crippen molar-refractivity contribution in [1.29, 1.82) is 0 Å². The van der Waals surface area contributed by atoms with Crippen LogP contribution in [-0.4, -0.2) is 51.8 Å². The molecule has 1 amide bonds. The number of nitrogens with zero attached hydrogens (tertiary/aromatic N) is 3. The van der Waals surface area contributed by atoms with Crippen LogP contribution in [0.1, 0.15) is 114 Å². The molecule has 2 aromatic heterocycles. The number of benzene rings is 1. The van der Waals surface area contributed by atoms with Gasteiger partial charge in [0, 0.05) is 41.3 Å². The third-order valence-electron chi connectivity index (χ3n) is 8.26. The Hall–Kier alpha value is -2.51. The van der Waals surface area contributed by atoms with E-state index < -0.39 is 0 Å². The van der Waals surface area contributed by atoms with Gasteiger partial charge in [-0.1, -0.05) is 47.6 Å². The molecule has 1 N–H and O–H groups in total. The molecule has 0 aliphatic heterocycles. The van der Waals surface area contributed by atoms with Gasteiger partial charge in [-0.05, 0) is 94.2 Å². The summed E-state index contributed by atoms with van der Waals surface area (Å²) in [6, 6.07) is 10.6. The van der Waals surface area contributed by atoms with E-state index in [0.29, 0.717) is 23.9 Å². The van der Waals surface area contributed by atoms with Crippen LogP contribution in [0, 0.1) is 11.8 Å². The summed E-state index contributed by atoms with van der Waals surface area (Å²) in [4.78, 5) is 35.6. The van der Waals surface area contributed by atoms with Gasteiger partial charge in [0.2, 0.25) is 5.91 Å². The highest BCUT2D eigenvalue weighted by Gasteiger charge is 2.26. The lowest BCUT2D eigenvalue weighted by molar-refractivity contribution is -0.126. The number of rotatable bonds is 18. The molecule has 0 bridgehead atoms. The van der Waals surface area contributed by atoms with Crippen LogP contribution in [-0.2, 0) is 11.2 Å². The number of nitrogens with one attached hydrogen (secondary N) is 1. The van der Waals surface area contributed by atoms with Crippen LogP contribution in [0.15, 0.2) is 35.7 Å². The van der Waals surface area contributed by atoms with Gasteiger partial charge >= 0.3 is 0 Å². The number of amides is 1. The van der Waals surface area contributed by atoms with E-state index in [1.165, 1.54) is 4.88 Å². The zero-order chi connectivity index (χ0) is 29.9. The minimum absolute atomic E-state index is 0.000266. The summed E-state index contributed by atoms with van der Waals surface area (Å²) < 4.78 is 2.37. The number of hydrogen-bond donors (Lipinski definition) is 1. The molecule has 1 aromatic carbocycles. The van der Waals surface area contributed by atoms with Crippen LogP contribution in [0.5, 0.6) is 0 Å². The smallest absolute Gasteiger partial charge is 0.223 e. The van der Waals surface area contributed by atoms with Crippen molar-refractivity contribution in [3.63, 3.8) is 0 Å². The fourth-order valence-electron chi connectivity index (χ4n) is 5.86. The molecule has 2 atom stereocenters. The molecule has 6 nitrogen and oxygen atoms in total. The zero-order valence-electron chi connectivity index (χ0n) is 26.4. The lowest BCUT2D eigenvalue weighted by Gasteiger charge is -2.23. The van der Waals surface area contributed by atoms with Gasteiger partial charge < -0.3 is 14.8 Å². The minimum Gasteiger partial charge on any atom is -0.353 e. The highest BCUT2D eigenvalue weighted by molar-refractivity contribution is 7.09. The van der Waals surface area contributed by atoms with Crippen molar-refractivity contribution in [3.8, 4) is 0 Å². The van der Waals surface area contributed by atoms with Crippen molar-refractivity contribution in [2.75, 3.05) is 19.6 Å². The van der Waals surface area contributed by atoms with Gasteiger partial charge in [-0.2, -0.15) is 0 Å². The molecule has 41 heavy (non-hydrogen) atoms. The maximum absolute atomic E-state index is 13.6. The standard InChI is InChI=1S/C34H52N4O2S/c1-8-28(9-2)38-31-17-16-26(21-30(31)36-33(38)23-29-15-13-19-41-29)32(39)22-27(20-24(5)6)34(40)35-25(7)14-12-18-37(10-3)11-4/h13,15-17,19,21,24-25,27-28H,8-12,14,18,20,22-23H2,1-7H3,(H,35,40)/t25?,27-/m1/s1. The number of Topliss-reactive ketones (excluding diaryl/α,β-unsaturated/α-hetero) is 1. The molecule has 0 fully saturated rings. The van der Waals surface area contributed by atoms with Gasteiger partial charge in [-0.15, -0.1) is 11.3 Å². The Morgan fingerprint density at radius 2 is 1.78 bits per heavy atom. The maximum atomic E-state index is 13.6. The third kappa shape index (κ3) is 9.24. The van der Waals surface area contributed by atoms with E-state index in [-0.39, 0.29) is 30.1 Å². The monoisotopic (exact) mass is 580 g/mol. The van der Waals surface area contributed by atoms with Crippen LogP contribution < -0.4 is 5.32 Å². The van der Waals surface area contributed by atoms with Crippen LogP contribution in [0.4, 0.5) is 0 Å². The van der Waals surface area contributed by atoms with Gasteiger partial charge in [-0.3, -0.25) is 9.59 Å². The molecule has 2 heterocycles. The molecule has 3 aromatic rings. The molecule has 7 heteroatoms. The fourth-order valence-corrected chi connectivity index (χ4v) is 6.57. The Bertz CT molecular complexity index is 1230. The van der Waals surface area contributed by atoms with E-state index in [2.05, 4.69) is 86.8 Å². The Kier molecular flexibility index (Phi) is 13.0. The number of imidazole rings is 1. The first-order valence-electron chi connectivity index (χ1n) is 15.8. The van der Waals surface area contributed by atoms with E-state index in [0.717, 1.165) is 68.6 Å². The lowest BCUT2D eigenvalue weighted by atomic mass is 9.89. The number of carbonyl (C=O) groups excluding carboxylic acids is 2. The zero-order valence-corrected chi connectivity index (χ0v) is 27.2. The largest absolute Gasteiger partial charge is 0.353 e. The first-order chi connectivity index (χ1) is 19.7. The summed E-state index contributed by atoms with van der Waals surface area (Å²) in [7, 11) is 0. The van der Waals surface area contributed by atoms with Gasteiger partial charge in [0.05, 0.1) is 11.0 Å². The van der Waals surface area contributed by atoms with Crippen molar-refractivity contribution in [2.45, 2.75) is 105 Å². The molecule has 3 rings (SSSR count). The molecule has 0 aliphatic carbocycles. The average Bonchev–Trinajstić information content (AvgIpc) is 3.59. The summed E-state index contributed by atoms with van der Waals surface area (Å²) in [6.45, 7) is 18.3. The summed E-state index contributed by atoms with van der Waals surface area (Å²) in [5, 5.41) is 5.32. The van der Waals surface area contributed by atoms with Crippen molar-refractivity contribution in [1.82, 2.24) is 19.8 Å². The van der Waals surface area contributed by atoms with E-state index in [1.54, 1.807) is 11.3 Å². The van der Waals surface area contributed by atoms with Crippen molar-refractivity contribution >= 4 is 34.1 Å². The summed E-state index contributed by atoms with van der Waals surface area (Å²) >= 11 is 1.75. The molecule has 0 spiro atoms. The van der Waals surface area contributed by atoms with Crippen molar-refractivity contribution < 1.29 is 9.59 Å². The molecule has 226 valence electrons. The SMILES string of the molecule is CCC(CC)n1c(Cc2cccs2)nc2cc(C(=O)C[C@@H](CC(C)C)C(=O)NC(C)CCCN(CC)CC)ccc21. The molecule has 0 saturated carbocycles. The number of aromatic nitrogens is 2. The number of hydrogen-bond acceptors (Lipinski definition) is 5. The summed E-state index contributed by atoms with van der Waals surface area (Å²) in [6.07, 6.45) is 5.75. The quantitative estimate of drug-likeness (QED) is 0.155. The van der Waals surface area contributed by atoms with E-state index in [1.807, 2.05) is 12.1 Å². The van der Waals surface area contributed by atoms with E-state index in [9.17, 15) is 9.59 Å². The highest BCUT2D eigenvalue weighted by Crippen LogP contribution is 2.29. The van der Waals surface area contributed by atoms with Gasteiger partial charge in [0.15, 0.2) is 5.78 Å². The highest BCUT2D eigenvalue weighted by atomic mass is 32.1. The van der Waals surface area contributed by atoms with Crippen LogP contribution >= 0.6 is 11.3 Å². The van der Waals surface area contributed by atoms with Gasteiger partial charge in [0.25, 0.3) is 0 Å². The normalized spacial score (nSPS) is 13.4. The molecule has 1 unspecified atom stereocenters. The van der Waals surface area contributed by atoms with Crippen LogP contribution in [0.25, 0.3) is 11.0 Å². The maximum Gasteiger partial charge on any atom is 0.223 e. The second-order valence-corrected chi connectivity index (χ2v) is 12.9. The molecular weight excluding hydrogens is 528 g/mol. The van der Waals surface area contributed by atoms with E-state index in [4.69, 9.17) is 4.98 Å². The second-order valence-electron chi connectivity index (χ2n) is 11.9. The van der Waals surface area contributed by atoms with Crippen molar-refractivity contribution in [3.05, 3.63) is 52.0 Å². The lowest BCUT2D eigenvalue weighted by Crippen LogP contribution is -2.39. The Morgan fingerprint density at radius 1 is 1.05 bits per heavy atom.